The molecule has 1 saturated heterocycles. The molecular weight excluding hydrogens is 401 g/mol. The summed E-state index contributed by atoms with van der Waals surface area (Å²) in [5.74, 6) is -0.800. The van der Waals surface area contributed by atoms with E-state index in [1.807, 2.05) is 0 Å². The third-order valence-electron chi connectivity index (χ3n) is 5.26. The lowest BCUT2D eigenvalue weighted by Gasteiger charge is -2.24. The highest BCUT2D eigenvalue weighted by molar-refractivity contribution is 6.34. The van der Waals surface area contributed by atoms with Crippen LogP contribution in [-0.4, -0.2) is 28.0 Å². The van der Waals surface area contributed by atoms with Crippen LogP contribution in [-0.2, 0) is 19.5 Å². The average molecular weight is 422 g/mol. The van der Waals surface area contributed by atoms with Gasteiger partial charge in [0.2, 0.25) is 0 Å². The molecular formula is C20H21Cl2N3O3. The van der Waals surface area contributed by atoms with Crippen molar-refractivity contribution in [2.45, 2.75) is 45.3 Å². The van der Waals surface area contributed by atoms with Gasteiger partial charge in [-0.15, -0.1) is 4.91 Å². The summed E-state index contributed by atoms with van der Waals surface area (Å²) in [7, 11) is 0. The lowest BCUT2D eigenvalue weighted by molar-refractivity contribution is 0.100. The summed E-state index contributed by atoms with van der Waals surface area (Å²) in [6.07, 6.45) is 2.83. The highest BCUT2D eigenvalue weighted by Gasteiger charge is 2.23. The molecule has 1 aliphatic rings. The molecule has 0 radical (unpaired) electrons. The van der Waals surface area contributed by atoms with Crippen molar-refractivity contribution in [3.8, 4) is 0 Å². The van der Waals surface area contributed by atoms with Crippen LogP contribution in [0.25, 0.3) is 0 Å². The second-order valence-corrected chi connectivity index (χ2v) is 7.86. The van der Waals surface area contributed by atoms with Gasteiger partial charge in [-0.25, -0.2) is 0 Å². The van der Waals surface area contributed by atoms with Crippen molar-refractivity contribution in [1.29, 1.82) is 0 Å². The molecule has 2 heterocycles. The molecule has 0 N–H and O–H groups in total. The van der Waals surface area contributed by atoms with E-state index in [0.29, 0.717) is 30.6 Å². The van der Waals surface area contributed by atoms with Gasteiger partial charge in [0.15, 0.2) is 0 Å². The molecule has 0 unspecified atom stereocenters. The topological polar surface area (TPSA) is 71.7 Å². The highest BCUT2D eigenvalue weighted by atomic mass is 35.5. The maximum atomic E-state index is 12.7. The maximum Gasteiger partial charge on any atom is 0.316 e. The Morgan fingerprint density at radius 2 is 1.93 bits per heavy atom. The van der Waals surface area contributed by atoms with Crippen LogP contribution < -0.4 is 5.56 Å². The number of hydrogen-bond donors (Lipinski definition) is 0. The monoisotopic (exact) mass is 421 g/mol. The fraction of sp³-hybridized carbons (Fsp3) is 0.400. The van der Waals surface area contributed by atoms with E-state index in [-0.39, 0.29) is 16.1 Å². The van der Waals surface area contributed by atoms with Crippen molar-refractivity contribution < 1.29 is 4.79 Å². The second-order valence-electron chi connectivity index (χ2n) is 7.05. The van der Waals surface area contributed by atoms with E-state index >= 15 is 0 Å². The second kappa shape index (κ2) is 8.99. The number of nitrogens with zero attached hydrogens (tertiary/aromatic N) is 3. The summed E-state index contributed by atoms with van der Waals surface area (Å²) in [5, 5.41) is 3.00. The minimum atomic E-state index is -0.800. The van der Waals surface area contributed by atoms with Gasteiger partial charge in [0.05, 0.1) is 10.7 Å². The molecule has 1 aromatic heterocycles. The van der Waals surface area contributed by atoms with E-state index in [4.69, 9.17) is 23.2 Å². The number of aromatic nitrogens is 1. The summed E-state index contributed by atoms with van der Waals surface area (Å²) >= 11 is 12.5. The van der Waals surface area contributed by atoms with Crippen molar-refractivity contribution >= 4 is 29.1 Å². The first-order valence-electron chi connectivity index (χ1n) is 9.19. The fourth-order valence-corrected chi connectivity index (χ4v) is 4.10. The number of hydrogen-bond acceptors (Lipinski definition) is 4. The quantitative estimate of drug-likeness (QED) is 0.652. The number of carbonyl (C=O) groups excluding carboxylic acids is 1. The minimum absolute atomic E-state index is 0.0984. The van der Waals surface area contributed by atoms with Crippen LogP contribution in [0.2, 0.25) is 10.0 Å². The Hall–Kier alpha value is -2.02. The number of pyridine rings is 1. The highest BCUT2D eigenvalue weighted by Crippen LogP contribution is 2.24. The van der Waals surface area contributed by atoms with Crippen molar-refractivity contribution in [3.63, 3.8) is 0 Å². The normalized spacial score (nSPS) is 17.0. The predicted octanol–water partition coefficient (Wildman–Crippen LogP) is 4.29. The molecule has 2 aromatic rings. The van der Waals surface area contributed by atoms with Gasteiger partial charge in [0.25, 0.3) is 5.56 Å². The first-order valence-corrected chi connectivity index (χ1v) is 9.94. The Morgan fingerprint density at radius 3 is 2.54 bits per heavy atom. The fourth-order valence-electron chi connectivity index (χ4n) is 3.56. The first kappa shape index (κ1) is 20.7. The van der Waals surface area contributed by atoms with Crippen molar-refractivity contribution in [2.24, 2.45) is 5.18 Å². The van der Waals surface area contributed by atoms with Gasteiger partial charge in [0.1, 0.15) is 5.02 Å². The number of amides is 1. The Bertz CT molecular complexity index is 941. The van der Waals surface area contributed by atoms with Crippen LogP contribution in [0, 0.1) is 4.91 Å². The predicted molar refractivity (Wildman–Crippen MR) is 110 cm³/mol. The molecule has 1 fully saturated rings. The smallest absolute Gasteiger partial charge is 0.308 e. The molecule has 6 nitrogen and oxygen atoms in total. The van der Waals surface area contributed by atoms with Crippen LogP contribution >= 0.6 is 23.2 Å². The summed E-state index contributed by atoms with van der Waals surface area (Å²) in [6, 6.07) is 8.58. The van der Waals surface area contributed by atoms with Crippen molar-refractivity contribution in [3.05, 3.63) is 72.5 Å². The summed E-state index contributed by atoms with van der Waals surface area (Å²) in [4.78, 5) is 36.6. The lowest BCUT2D eigenvalue weighted by Crippen LogP contribution is -2.32. The average Bonchev–Trinajstić information content (AvgIpc) is 3.10. The Labute approximate surface area is 173 Å². The Kier molecular flexibility index (Phi) is 6.65. The zero-order valence-electron chi connectivity index (χ0n) is 15.5. The standard InChI is InChI=1S/C20H21Cl2N3O3/c1-13-3-2-9-24(13)12-18-16(21)11-17(22)20(27)25(18)10-8-14-4-6-15(7-5-14)19(26)23-28/h4-7,11,13H,2-3,8-10,12H2,1H3/t13-/m1/s1. The van der Waals surface area contributed by atoms with Gasteiger partial charge in [-0.2, -0.15) is 0 Å². The molecule has 28 heavy (non-hydrogen) atoms. The van der Waals surface area contributed by atoms with Crippen molar-refractivity contribution in [2.75, 3.05) is 6.54 Å². The van der Waals surface area contributed by atoms with E-state index < -0.39 is 5.91 Å². The van der Waals surface area contributed by atoms with E-state index in [2.05, 4.69) is 17.0 Å². The van der Waals surface area contributed by atoms with E-state index in [1.54, 1.807) is 28.8 Å². The molecule has 1 atom stereocenters. The zero-order valence-corrected chi connectivity index (χ0v) is 17.0. The van der Waals surface area contributed by atoms with Gasteiger partial charge < -0.3 is 4.57 Å². The maximum absolute atomic E-state index is 12.7. The zero-order chi connectivity index (χ0) is 20.3. The number of benzene rings is 1. The summed E-state index contributed by atoms with van der Waals surface area (Å²) < 4.78 is 1.64. The largest absolute Gasteiger partial charge is 0.316 e. The SMILES string of the molecule is C[C@@H]1CCCN1Cc1c(Cl)cc(Cl)c(=O)n1CCc1ccc(C(=O)N=O)cc1. The Morgan fingerprint density at radius 1 is 1.21 bits per heavy atom. The van der Waals surface area contributed by atoms with Crippen LogP contribution in [0.1, 0.15) is 41.4 Å². The molecule has 8 heteroatoms. The van der Waals surface area contributed by atoms with Crippen LogP contribution in [0.5, 0.6) is 0 Å². The molecule has 3 rings (SSSR count). The number of carbonyl (C=O) groups is 1. The van der Waals surface area contributed by atoms with Crippen LogP contribution in [0.15, 0.2) is 40.3 Å². The minimum Gasteiger partial charge on any atom is -0.308 e. The van der Waals surface area contributed by atoms with E-state index in [1.165, 1.54) is 6.07 Å². The first-order chi connectivity index (χ1) is 13.4. The summed E-state index contributed by atoms with van der Waals surface area (Å²) in [6.45, 7) is 4.17. The summed E-state index contributed by atoms with van der Waals surface area (Å²) in [5.41, 5.74) is 1.67. The van der Waals surface area contributed by atoms with Crippen LogP contribution in [0.3, 0.4) is 0 Å². The molecule has 1 amide bonds. The van der Waals surface area contributed by atoms with Gasteiger partial charge in [-0.05, 0) is 56.5 Å². The molecule has 0 bridgehead atoms. The molecule has 148 valence electrons. The van der Waals surface area contributed by atoms with E-state index in [9.17, 15) is 14.5 Å². The molecule has 0 spiro atoms. The lowest BCUT2D eigenvalue weighted by atomic mass is 10.1. The van der Waals surface area contributed by atoms with E-state index in [0.717, 1.165) is 30.6 Å². The van der Waals surface area contributed by atoms with Crippen molar-refractivity contribution in [1.82, 2.24) is 9.47 Å². The van der Waals surface area contributed by atoms with Gasteiger partial charge in [-0.3, -0.25) is 14.5 Å². The van der Waals surface area contributed by atoms with Crippen LogP contribution in [0.4, 0.5) is 0 Å². The number of nitroso groups, excluding NO2 is 1. The number of likely N-dealkylation sites (tertiary alicyclic amines) is 1. The number of aryl methyl sites for hydroxylation is 1. The molecule has 0 saturated carbocycles. The number of rotatable bonds is 6. The van der Waals surface area contributed by atoms with Gasteiger partial charge in [0, 0.05) is 29.9 Å². The third-order valence-corrected chi connectivity index (χ3v) is 5.85. The van der Waals surface area contributed by atoms with Gasteiger partial charge >= 0.3 is 5.91 Å². The number of halogens is 2. The molecule has 1 aliphatic heterocycles. The third kappa shape index (κ3) is 4.51. The molecule has 1 aromatic carbocycles. The Balaban J connectivity index is 1.83. The molecule has 0 aliphatic carbocycles. The van der Waals surface area contributed by atoms with Gasteiger partial charge in [-0.1, -0.05) is 35.3 Å².